The van der Waals surface area contributed by atoms with Gasteiger partial charge in [0.25, 0.3) is 0 Å². The highest BCUT2D eigenvalue weighted by atomic mass is 35.5. The van der Waals surface area contributed by atoms with Crippen molar-refractivity contribution in [2.75, 3.05) is 52.5 Å². The first-order valence-electron chi connectivity index (χ1n) is 11.9. The molecule has 0 bridgehead atoms. The Morgan fingerprint density at radius 1 is 1.10 bits per heavy atom. The lowest BCUT2D eigenvalue weighted by Gasteiger charge is -2.37. The van der Waals surface area contributed by atoms with Crippen molar-refractivity contribution >= 4 is 17.6 Å². The Morgan fingerprint density at radius 2 is 1.90 bits per heavy atom. The first kappa shape index (κ1) is 22.8. The lowest BCUT2D eigenvalue weighted by Crippen LogP contribution is -2.53. The number of morpholine rings is 1. The summed E-state index contributed by atoms with van der Waals surface area (Å²) in [4.78, 5) is 9.92. The molecule has 0 amide bonds. The van der Waals surface area contributed by atoms with Crippen molar-refractivity contribution in [3.8, 4) is 0 Å². The third-order valence-corrected chi connectivity index (χ3v) is 7.03. The van der Waals surface area contributed by atoms with Gasteiger partial charge in [-0.1, -0.05) is 29.8 Å². The minimum Gasteiger partial charge on any atom is -0.375 e. The molecule has 3 fully saturated rings. The lowest BCUT2D eigenvalue weighted by atomic mass is 9.96. The number of guanidine groups is 1. The highest BCUT2D eigenvalue weighted by Gasteiger charge is 2.32. The maximum Gasteiger partial charge on any atom is 0.194 e. The number of rotatable bonds is 6. The topological polar surface area (TPSA) is 49.3 Å². The maximum atomic E-state index is 6.34. The standard InChI is InChI=1S/C24H37ClN4O2/c1-2-26-24(29-13-15-31-23(18-29)22-8-5-14-30-22)27-16-19-9-11-28(12-10-19)17-20-6-3-4-7-21(20)25/h3-4,6-7,19,22-23H,2,5,8-18H2,1H3,(H,26,27). The molecule has 2 atom stereocenters. The summed E-state index contributed by atoms with van der Waals surface area (Å²) in [6.07, 6.45) is 5.04. The molecule has 0 saturated carbocycles. The summed E-state index contributed by atoms with van der Waals surface area (Å²) in [5.74, 6) is 1.68. The van der Waals surface area contributed by atoms with Gasteiger partial charge in [-0.2, -0.15) is 0 Å². The molecule has 6 nitrogen and oxygen atoms in total. The minimum absolute atomic E-state index is 0.160. The third kappa shape index (κ3) is 6.35. The lowest BCUT2D eigenvalue weighted by molar-refractivity contribution is -0.0817. The monoisotopic (exact) mass is 448 g/mol. The fraction of sp³-hybridized carbons (Fsp3) is 0.708. The number of benzene rings is 1. The van der Waals surface area contributed by atoms with Crippen LogP contribution in [0.25, 0.3) is 0 Å². The number of ether oxygens (including phenoxy) is 2. The normalized spacial score (nSPS) is 26.4. The van der Waals surface area contributed by atoms with Gasteiger partial charge in [-0.05, 0) is 63.2 Å². The van der Waals surface area contributed by atoms with Crippen molar-refractivity contribution in [2.24, 2.45) is 10.9 Å². The molecule has 7 heteroatoms. The Hall–Kier alpha value is -1.34. The molecule has 3 saturated heterocycles. The largest absolute Gasteiger partial charge is 0.375 e. The van der Waals surface area contributed by atoms with Crippen LogP contribution in [-0.2, 0) is 16.0 Å². The fourth-order valence-corrected chi connectivity index (χ4v) is 5.02. The van der Waals surface area contributed by atoms with E-state index in [2.05, 4.69) is 34.2 Å². The quantitative estimate of drug-likeness (QED) is 0.534. The Morgan fingerprint density at radius 3 is 2.65 bits per heavy atom. The van der Waals surface area contributed by atoms with Gasteiger partial charge in [0.1, 0.15) is 6.10 Å². The van der Waals surface area contributed by atoms with Crippen molar-refractivity contribution < 1.29 is 9.47 Å². The number of nitrogens with zero attached hydrogens (tertiary/aromatic N) is 3. The first-order chi connectivity index (χ1) is 15.2. The average Bonchev–Trinajstić information content (AvgIpc) is 3.34. The van der Waals surface area contributed by atoms with Crippen LogP contribution in [0.3, 0.4) is 0 Å². The molecule has 3 heterocycles. The molecule has 3 aliphatic heterocycles. The van der Waals surface area contributed by atoms with Gasteiger partial charge >= 0.3 is 0 Å². The summed E-state index contributed by atoms with van der Waals surface area (Å²) in [6, 6.07) is 8.18. The first-order valence-corrected chi connectivity index (χ1v) is 12.3. The predicted molar refractivity (Wildman–Crippen MR) is 126 cm³/mol. The highest BCUT2D eigenvalue weighted by molar-refractivity contribution is 6.31. The molecule has 1 aromatic carbocycles. The molecule has 1 aromatic rings. The van der Waals surface area contributed by atoms with E-state index >= 15 is 0 Å². The number of halogens is 1. The van der Waals surface area contributed by atoms with Crippen LogP contribution in [0, 0.1) is 5.92 Å². The molecule has 31 heavy (non-hydrogen) atoms. The van der Waals surface area contributed by atoms with E-state index in [1.54, 1.807) is 0 Å². The van der Waals surface area contributed by atoms with Gasteiger partial charge in [0.2, 0.25) is 0 Å². The van der Waals surface area contributed by atoms with Crippen molar-refractivity contribution in [3.63, 3.8) is 0 Å². The molecule has 0 radical (unpaired) electrons. The molecule has 0 spiro atoms. The van der Waals surface area contributed by atoms with Crippen LogP contribution in [-0.4, -0.2) is 80.4 Å². The predicted octanol–water partition coefficient (Wildman–Crippen LogP) is 3.40. The Bertz CT molecular complexity index is 717. The Balaban J connectivity index is 1.27. The molecule has 0 aromatic heterocycles. The number of hydrogen-bond acceptors (Lipinski definition) is 4. The number of aliphatic imine (C=N–C) groups is 1. The SMILES string of the molecule is CCNC(=NCC1CCN(Cc2ccccc2Cl)CC1)N1CCOC(C2CCCO2)C1. The Labute approximate surface area is 191 Å². The zero-order valence-electron chi connectivity index (χ0n) is 18.8. The van der Waals surface area contributed by atoms with Crippen LogP contribution in [0.5, 0.6) is 0 Å². The van der Waals surface area contributed by atoms with E-state index in [4.69, 9.17) is 26.1 Å². The molecule has 2 unspecified atom stereocenters. The van der Waals surface area contributed by atoms with Crippen LogP contribution in [0.15, 0.2) is 29.3 Å². The second-order valence-electron chi connectivity index (χ2n) is 8.91. The van der Waals surface area contributed by atoms with Crippen LogP contribution in [0.2, 0.25) is 5.02 Å². The third-order valence-electron chi connectivity index (χ3n) is 6.67. The van der Waals surface area contributed by atoms with Gasteiger partial charge in [0.05, 0.1) is 12.7 Å². The van der Waals surface area contributed by atoms with Crippen LogP contribution >= 0.6 is 11.6 Å². The summed E-state index contributed by atoms with van der Waals surface area (Å²) < 4.78 is 11.9. The van der Waals surface area contributed by atoms with Crippen molar-refractivity contribution in [3.05, 3.63) is 34.9 Å². The van der Waals surface area contributed by atoms with Crippen molar-refractivity contribution in [1.82, 2.24) is 15.1 Å². The van der Waals surface area contributed by atoms with E-state index in [1.165, 1.54) is 18.4 Å². The van der Waals surface area contributed by atoms with Crippen LogP contribution in [0.4, 0.5) is 0 Å². The van der Waals surface area contributed by atoms with Gasteiger partial charge in [-0.25, -0.2) is 0 Å². The Kier molecular flexibility index (Phi) is 8.48. The van der Waals surface area contributed by atoms with Gasteiger partial charge in [-0.3, -0.25) is 9.89 Å². The number of hydrogen-bond donors (Lipinski definition) is 1. The van der Waals surface area contributed by atoms with E-state index < -0.39 is 0 Å². The molecule has 172 valence electrons. The number of nitrogens with one attached hydrogen (secondary N) is 1. The van der Waals surface area contributed by atoms with Gasteiger partial charge in [0, 0.05) is 44.4 Å². The summed E-state index contributed by atoms with van der Waals surface area (Å²) in [7, 11) is 0. The summed E-state index contributed by atoms with van der Waals surface area (Å²) in [6.45, 7) is 10.5. The van der Waals surface area contributed by atoms with E-state index in [0.717, 1.165) is 82.9 Å². The number of likely N-dealkylation sites (tertiary alicyclic amines) is 1. The van der Waals surface area contributed by atoms with E-state index in [9.17, 15) is 0 Å². The van der Waals surface area contributed by atoms with Gasteiger partial charge < -0.3 is 19.7 Å². The fourth-order valence-electron chi connectivity index (χ4n) is 4.82. The molecule has 3 aliphatic rings. The van der Waals surface area contributed by atoms with Crippen LogP contribution in [0.1, 0.15) is 38.2 Å². The highest BCUT2D eigenvalue weighted by Crippen LogP contribution is 2.23. The molecule has 1 N–H and O–H groups in total. The van der Waals surface area contributed by atoms with Gasteiger partial charge in [-0.15, -0.1) is 0 Å². The molecular weight excluding hydrogens is 412 g/mol. The van der Waals surface area contributed by atoms with E-state index in [0.29, 0.717) is 5.92 Å². The smallest absolute Gasteiger partial charge is 0.194 e. The summed E-state index contributed by atoms with van der Waals surface area (Å²) in [5, 5.41) is 4.38. The van der Waals surface area contributed by atoms with E-state index in [1.807, 2.05) is 12.1 Å². The zero-order chi connectivity index (χ0) is 21.5. The average molecular weight is 449 g/mol. The van der Waals surface area contributed by atoms with E-state index in [-0.39, 0.29) is 12.2 Å². The zero-order valence-corrected chi connectivity index (χ0v) is 19.5. The summed E-state index contributed by atoms with van der Waals surface area (Å²) >= 11 is 6.34. The minimum atomic E-state index is 0.160. The molecule has 0 aliphatic carbocycles. The molecular formula is C24H37ClN4O2. The van der Waals surface area contributed by atoms with Gasteiger partial charge in [0.15, 0.2) is 5.96 Å². The van der Waals surface area contributed by atoms with Crippen molar-refractivity contribution in [2.45, 2.75) is 51.4 Å². The van der Waals surface area contributed by atoms with Crippen molar-refractivity contribution in [1.29, 1.82) is 0 Å². The molecule has 4 rings (SSSR count). The second kappa shape index (κ2) is 11.5. The van der Waals surface area contributed by atoms with Crippen LogP contribution < -0.4 is 5.32 Å². The number of piperidine rings is 1. The summed E-state index contributed by atoms with van der Waals surface area (Å²) in [5.41, 5.74) is 1.23. The maximum absolute atomic E-state index is 6.34. The second-order valence-corrected chi connectivity index (χ2v) is 9.32.